The van der Waals surface area contributed by atoms with Crippen molar-refractivity contribution < 1.29 is 37.0 Å². The van der Waals surface area contributed by atoms with E-state index in [4.69, 9.17) is 24.3 Å². The second kappa shape index (κ2) is 8.76. The first-order valence-electron chi connectivity index (χ1n) is 10.4. The van der Waals surface area contributed by atoms with Gasteiger partial charge in [-0.2, -0.15) is 9.97 Å². The summed E-state index contributed by atoms with van der Waals surface area (Å²) >= 11 is 0. The van der Waals surface area contributed by atoms with Crippen LogP contribution >= 0.6 is 7.75 Å². The van der Waals surface area contributed by atoms with Gasteiger partial charge in [-0.25, -0.2) is 19.0 Å². The number of fused-ring (bicyclic) bond motifs is 2. The molecule has 0 aromatic carbocycles. The van der Waals surface area contributed by atoms with Crippen LogP contribution in [0.15, 0.2) is 6.33 Å². The summed E-state index contributed by atoms with van der Waals surface area (Å²) in [7, 11) is -2.84. The van der Waals surface area contributed by atoms with Gasteiger partial charge in [-0.3, -0.25) is 18.4 Å². The number of halogens is 1. The first-order valence-corrected chi connectivity index (χ1v) is 11.9. The summed E-state index contributed by atoms with van der Waals surface area (Å²) in [6.45, 7) is 4.78. The Hall–Kier alpha value is -2.38. The van der Waals surface area contributed by atoms with Crippen molar-refractivity contribution in [2.45, 2.75) is 57.3 Å². The van der Waals surface area contributed by atoms with Crippen molar-refractivity contribution in [2.24, 2.45) is 0 Å². The van der Waals surface area contributed by atoms with Crippen LogP contribution in [0, 0.1) is 0 Å². The Labute approximate surface area is 188 Å². The molecule has 1 unspecified atom stereocenters. The average Bonchev–Trinajstić information content (AvgIpc) is 3.29. The predicted octanol–water partition coefficient (Wildman–Crippen LogP) is 1.50. The Morgan fingerprint density at radius 1 is 1.52 bits per heavy atom. The summed E-state index contributed by atoms with van der Waals surface area (Å²) in [4.78, 5) is 24.2. The van der Waals surface area contributed by atoms with Gasteiger partial charge < -0.3 is 19.9 Å². The number of methoxy groups -OCH3 is 1. The van der Waals surface area contributed by atoms with Crippen LogP contribution in [0.2, 0.25) is 0 Å². The number of esters is 1. The number of nitrogens with two attached hydrogens (primary N) is 1. The zero-order valence-corrected chi connectivity index (χ0v) is 19.5. The largest absolute Gasteiger partial charge is 0.476 e. The molecule has 2 aromatic rings. The van der Waals surface area contributed by atoms with Gasteiger partial charge in [0.1, 0.15) is 18.2 Å². The molecule has 182 valence electrons. The standard InChI is InChI=1S/C18H26FN6O7P/c1-5-6-29-14-11-13(22-17(20)23-14)25(8-21-11)16-18(3,19)12-10(31-16)7-30-33(27,32-12)24-9(2)15(26)28-4/h8-10,12,16H,5-7H2,1-4H3,(H,24,27)(H2,20,22,23)/t9-,10+,12+,16+,18+,33?/m0/s1. The molecule has 0 radical (unpaired) electrons. The molecule has 2 fully saturated rings. The van der Waals surface area contributed by atoms with E-state index in [2.05, 4.69) is 24.8 Å². The third-order valence-electron chi connectivity index (χ3n) is 5.35. The first kappa shape index (κ1) is 23.8. The molecule has 2 aromatic heterocycles. The third kappa shape index (κ3) is 4.28. The number of rotatable bonds is 7. The molecule has 15 heteroatoms. The fourth-order valence-corrected chi connectivity index (χ4v) is 5.53. The van der Waals surface area contributed by atoms with Gasteiger partial charge in [-0.15, -0.1) is 0 Å². The number of nitrogen functional groups attached to an aromatic ring is 1. The van der Waals surface area contributed by atoms with Crippen LogP contribution in [0.4, 0.5) is 10.3 Å². The molecule has 0 spiro atoms. The third-order valence-corrected chi connectivity index (χ3v) is 7.05. The van der Waals surface area contributed by atoms with E-state index in [9.17, 15) is 9.36 Å². The van der Waals surface area contributed by atoms with Crippen molar-refractivity contribution in [3.05, 3.63) is 6.33 Å². The molecule has 6 atom stereocenters. The lowest BCUT2D eigenvalue weighted by molar-refractivity contribution is -0.142. The van der Waals surface area contributed by atoms with Crippen molar-refractivity contribution in [1.82, 2.24) is 24.6 Å². The minimum atomic E-state index is -4.03. The second-order valence-corrected chi connectivity index (χ2v) is 9.65. The van der Waals surface area contributed by atoms with Crippen molar-refractivity contribution in [1.29, 1.82) is 0 Å². The molecule has 3 N–H and O–H groups in total. The van der Waals surface area contributed by atoms with E-state index >= 15 is 4.39 Å². The number of anilines is 1. The normalized spacial score (nSPS) is 32.5. The molecule has 13 nitrogen and oxygen atoms in total. The number of hydrogen-bond acceptors (Lipinski definition) is 11. The van der Waals surface area contributed by atoms with Gasteiger partial charge in [0, 0.05) is 0 Å². The zero-order valence-electron chi connectivity index (χ0n) is 18.6. The zero-order chi connectivity index (χ0) is 24.0. The number of ether oxygens (including phenoxy) is 3. The van der Waals surface area contributed by atoms with E-state index in [0.29, 0.717) is 12.1 Å². The summed E-state index contributed by atoms with van der Waals surface area (Å²) in [5.41, 5.74) is 4.14. The maximum atomic E-state index is 16.1. The van der Waals surface area contributed by atoms with Gasteiger partial charge in [0.2, 0.25) is 11.8 Å². The van der Waals surface area contributed by atoms with Gasteiger partial charge in [0.15, 0.2) is 23.1 Å². The molecular formula is C18H26FN6O7P. The summed E-state index contributed by atoms with van der Waals surface area (Å²) in [6, 6.07) is -1.000. The molecular weight excluding hydrogens is 462 g/mol. The minimum absolute atomic E-state index is 0.0728. The molecule has 0 saturated carbocycles. The van der Waals surface area contributed by atoms with Crippen LogP contribution in [0.3, 0.4) is 0 Å². The summed E-state index contributed by atoms with van der Waals surface area (Å²) in [6.07, 6.45) is -1.32. The number of alkyl halides is 1. The van der Waals surface area contributed by atoms with Crippen LogP contribution in [0.25, 0.3) is 11.2 Å². The number of aromatic nitrogens is 4. The van der Waals surface area contributed by atoms with Gasteiger partial charge in [-0.1, -0.05) is 6.92 Å². The van der Waals surface area contributed by atoms with E-state index in [1.807, 2.05) is 6.92 Å². The Bertz CT molecular complexity index is 1100. The maximum absolute atomic E-state index is 16.1. The monoisotopic (exact) mass is 488 g/mol. The molecule has 4 heterocycles. The van der Waals surface area contributed by atoms with Crippen LogP contribution in [-0.4, -0.2) is 69.7 Å². The van der Waals surface area contributed by atoms with Crippen molar-refractivity contribution in [3.63, 3.8) is 0 Å². The van der Waals surface area contributed by atoms with E-state index in [1.54, 1.807) is 0 Å². The molecule has 0 amide bonds. The number of carbonyl (C=O) groups excluding carboxylic acids is 1. The Morgan fingerprint density at radius 2 is 2.27 bits per heavy atom. The molecule has 4 rings (SSSR count). The number of carbonyl (C=O) groups is 1. The van der Waals surface area contributed by atoms with Gasteiger partial charge >= 0.3 is 13.7 Å². The Morgan fingerprint density at radius 3 is 2.97 bits per heavy atom. The highest BCUT2D eigenvalue weighted by molar-refractivity contribution is 7.51. The summed E-state index contributed by atoms with van der Waals surface area (Å²) in [5, 5.41) is 2.45. The lowest BCUT2D eigenvalue weighted by atomic mass is 9.98. The topological polar surface area (TPSA) is 162 Å². The van der Waals surface area contributed by atoms with Crippen molar-refractivity contribution in [3.8, 4) is 5.88 Å². The van der Waals surface area contributed by atoms with Crippen LogP contribution < -0.4 is 15.6 Å². The summed E-state index contributed by atoms with van der Waals surface area (Å²) < 4.78 is 57.4. The highest BCUT2D eigenvalue weighted by atomic mass is 31.2. The predicted molar refractivity (Wildman–Crippen MR) is 112 cm³/mol. The smallest absolute Gasteiger partial charge is 0.406 e. The Balaban J connectivity index is 1.62. The van der Waals surface area contributed by atoms with E-state index in [0.717, 1.165) is 6.42 Å². The quantitative estimate of drug-likeness (QED) is 0.427. The van der Waals surface area contributed by atoms with Gasteiger partial charge in [0.05, 0.1) is 26.7 Å². The van der Waals surface area contributed by atoms with Crippen LogP contribution in [0.1, 0.15) is 33.4 Å². The first-order chi connectivity index (χ1) is 15.6. The molecule has 2 aliphatic heterocycles. The number of imidazole rings is 1. The molecule has 2 aliphatic rings. The van der Waals surface area contributed by atoms with E-state index in [-0.39, 0.29) is 24.1 Å². The lowest BCUT2D eigenvalue weighted by Gasteiger charge is -2.35. The molecule has 33 heavy (non-hydrogen) atoms. The number of hydrogen-bond donors (Lipinski definition) is 2. The highest BCUT2D eigenvalue weighted by Gasteiger charge is 2.61. The second-order valence-electron chi connectivity index (χ2n) is 7.93. The Kier molecular flexibility index (Phi) is 6.31. The number of nitrogens with zero attached hydrogens (tertiary/aromatic N) is 4. The van der Waals surface area contributed by atoms with E-state index in [1.165, 1.54) is 31.9 Å². The molecule has 0 bridgehead atoms. The lowest BCUT2D eigenvalue weighted by Crippen LogP contribution is -2.47. The minimum Gasteiger partial charge on any atom is -0.476 e. The fraction of sp³-hybridized carbons (Fsp3) is 0.667. The molecule has 2 saturated heterocycles. The molecule has 0 aliphatic carbocycles. The SMILES string of the molecule is CCCOc1nc(N)nc2c1ncn2[C@@H]1O[C@@H]2COP(=O)(N[C@@H](C)C(=O)OC)O[C@H]2[C@@]1(C)F. The summed E-state index contributed by atoms with van der Waals surface area (Å²) in [5.74, 6) is -0.568. The number of nitrogens with one attached hydrogen (secondary N) is 1. The van der Waals surface area contributed by atoms with Crippen molar-refractivity contribution >= 4 is 30.8 Å². The van der Waals surface area contributed by atoms with Gasteiger partial charge in [-0.05, 0) is 20.3 Å². The fourth-order valence-electron chi connectivity index (χ4n) is 3.77. The highest BCUT2D eigenvalue weighted by Crippen LogP contribution is 2.57. The van der Waals surface area contributed by atoms with Crippen LogP contribution in [0.5, 0.6) is 5.88 Å². The van der Waals surface area contributed by atoms with Crippen molar-refractivity contribution in [2.75, 3.05) is 26.1 Å². The maximum Gasteiger partial charge on any atom is 0.406 e. The van der Waals surface area contributed by atoms with Gasteiger partial charge in [0.25, 0.3) is 0 Å². The van der Waals surface area contributed by atoms with E-state index < -0.39 is 43.9 Å². The van der Waals surface area contributed by atoms with Crippen LogP contribution in [-0.2, 0) is 27.9 Å². The average molecular weight is 488 g/mol.